The van der Waals surface area contributed by atoms with Crippen molar-refractivity contribution in [2.24, 2.45) is 0 Å². The fraction of sp³-hybridized carbons (Fsp3) is 0.412. The monoisotopic (exact) mass is 299 g/mol. The third-order valence-electron chi connectivity index (χ3n) is 4.79. The molecular formula is C17H18FN3O. The summed E-state index contributed by atoms with van der Waals surface area (Å²) >= 11 is 0. The topological polar surface area (TPSA) is 46.9 Å². The van der Waals surface area contributed by atoms with Crippen LogP contribution in [0.1, 0.15) is 55.2 Å². The Labute approximate surface area is 128 Å². The molecule has 1 amide bonds. The standard InChI is InChI=1S/C17H18FN3O/c18-12-7-5-11(6-8-12)14-9-16(22)20-17-15(14)10-19-21(17)13-3-1-2-4-13/h5-8,10,13-14H,1-4,9H2,(H,20,22)/t14-/m1/s1. The number of halogens is 1. The first-order valence-corrected chi connectivity index (χ1v) is 7.85. The number of nitrogens with zero attached hydrogens (tertiary/aromatic N) is 2. The van der Waals surface area contributed by atoms with Crippen LogP contribution in [0.3, 0.4) is 0 Å². The zero-order valence-corrected chi connectivity index (χ0v) is 12.3. The van der Waals surface area contributed by atoms with Crippen molar-refractivity contribution in [3.63, 3.8) is 0 Å². The highest BCUT2D eigenvalue weighted by molar-refractivity contribution is 5.94. The van der Waals surface area contributed by atoms with Crippen LogP contribution in [0, 0.1) is 5.82 Å². The number of hydrogen-bond acceptors (Lipinski definition) is 2. The summed E-state index contributed by atoms with van der Waals surface area (Å²) in [5, 5.41) is 7.52. The molecule has 4 nitrogen and oxygen atoms in total. The van der Waals surface area contributed by atoms with Gasteiger partial charge in [0.1, 0.15) is 11.6 Å². The van der Waals surface area contributed by atoms with Crippen LogP contribution in [0.5, 0.6) is 0 Å². The summed E-state index contributed by atoms with van der Waals surface area (Å²) in [7, 11) is 0. The molecule has 1 aromatic carbocycles. The summed E-state index contributed by atoms with van der Waals surface area (Å²) in [6, 6.07) is 6.80. The Balaban J connectivity index is 1.74. The van der Waals surface area contributed by atoms with Gasteiger partial charge in [-0.05, 0) is 30.5 Å². The average Bonchev–Trinajstić information content (AvgIpc) is 3.15. The van der Waals surface area contributed by atoms with E-state index in [1.807, 2.05) is 10.9 Å². The predicted octanol–water partition coefficient (Wildman–Crippen LogP) is 3.61. The van der Waals surface area contributed by atoms with Crippen molar-refractivity contribution in [1.82, 2.24) is 9.78 Å². The number of rotatable bonds is 2. The molecule has 114 valence electrons. The summed E-state index contributed by atoms with van der Waals surface area (Å²) in [4.78, 5) is 12.1. The van der Waals surface area contributed by atoms with Gasteiger partial charge < -0.3 is 5.32 Å². The van der Waals surface area contributed by atoms with E-state index in [4.69, 9.17) is 0 Å². The van der Waals surface area contributed by atoms with Crippen molar-refractivity contribution in [2.75, 3.05) is 5.32 Å². The van der Waals surface area contributed by atoms with E-state index >= 15 is 0 Å². The number of aromatic nitrogens is 2. The quantitative estimate of drug-likeness (QED) is 0.920. The number of benzene rings is 1. The minimum absolute atomic E-state index is 0.00146. The third kappa shape index (κ3) is 2.21. The molecule has 1 atom stereocenters. The van der Waals surface area contributed by atoms with Gasteiger partial charge in [-0.25, -0.2) is 9.07 Å². The Morgan fingerprint density at radius 1 is 1.18 bits per heavy atom. The van der Waals surface area contributed by atoms with Crippen LogP contribution in [0.25, 0.3) is 0 Å². The highest BCUT2D eigenvalue weighted by Gasteiger charge is 2.32. The zero-order valence-electron chi connectivity index (χ0n) is 12.3. The average molecular weight is 299 g/mol. The van der Waals surface area contributed by atoms with Gasteiger partial charge in [0.25, 0.3) is 0 Å². The van der Waals surface area contributed by atoms with Crippen molar-refractivity contribution in [2.45, 2.75) is 44.1 Å². The maximum absolute atomic E-state index is 13.1. The van der Waals surface area contributed by atoms with Crippen molar-refractivity contribution in [3.8, 4) is 0 Å². The van der Waals surface area contributed by atoms with Gasteiger partial charge in [-0.15, -0.1) is 0 Å². The van der Waals surface area contributed by atoms with E-state index in [0.29, 0.717) is 12.5 Å². The Bertz CT molecular complexity index is 701. The molecule has 1 aliphatic carbocycles. The normalized spacial score (nSPS) is 21.7. The molecule has 1 fully saturated rings. The molecule has 0 radical (unpaired) electrons. The lowest BCUT2D eigenvalue weighted by molar-refractivity contribution is -0.116. The lowest BCUT2D eigenvalue weighted by atomic mass is 9.87. The molecule has 0 spiro atoms. The van der Waals surface area contributed by atoms with Crippen LogP contribution >= 0.6 is 0 Å². The molecule has 5 heteroatoms. The van der Waals surface area contributed by atoms with Crippen LogP contribution in [0.2, 0.25) is 0 Å². The fourth-order valence-corrected chi connectivity index (χ4v) is 3.66. The first kappa shape index (κ1) is 13.5. The summed E-state index contributed by atoms with van der Waals surface area (Å²) in [6.45, 7) is 0. The van der Waals surface area contributed by atoms with Gasteiger partial charge in [-0.1, -0.05) is 25.0 Å². The second-order valence-corrected chi connectivity index (χ2v) is 6.19. The van der Waals surface area contributed by atoms with E-state index in [1.165, 1.54) is 25.0 Å². The van der Waals surface area contributed by atoms with Crippen LogP contribution in [0.4, 0.5) is 10.2 Å². The minimum Gasteiger partial charge on any atom is -0.311 e. The van der Waals surface area contributed by atoms with Crippen molar-refractivity contribution in [3.05, 3.63) is 47.4 Å². The van der Waals surface area contributed by atoms with Crippen LogP contribution in [-0.2, 0) is 4.79 Å². The molecule has 1 saturated carbocycles. The van der Waals surface area contributed by atoms with Gasteiger partial charge in [-0.3, -0.25) is 4.79 Å². The molecule has 4 rings (SSSR count). The van der Waals surface area contributed by atoms with Gasteiger partial charge in [0.2, 0.25) is 5.91 Å². The maximum Gasteiger partial charge on any atom is 0.226 e. The highest BCUT2D eigenvalue weighted by atomic mass is 19.1. The molecule has 0 saturated heterocycles. The Hall–Kier alpha value is -2.17. The highest BCUT2D eigenvalue weighted by Crippen LogP contribution is 2.40. The Morgan fingerprint density at radius 3 is 2.64 bits per heavy atom. The smallest absolute Gasteiger partial charge is 0.226 e. The van der Waals surface area contributed by atoms with Gasteiger partial charge in [0.15, 0.2) is 0 Å². The lowest BCUT2D eigenvalue weighted by Crippen LogP contribution is -2.25. The SMILES string of the molecule is O=C1C[C@H](c2ccc(F)cc2)c2cnn(C3CCCC3)c2N1. The summed E-state index contributed by atoms with van der Waals surface area (Å²) in [6.07, 6.45) is 6.91. The van der Waals surface area contributed by atoms with Crippen LogP contribution in [0.15, 0.2) is 30.5 Å². The zero-order chi connectivity index (χ0) is 15.1. The molecule has 22 heavy (non-hydrogen) atoms. The molecule has 2 heterocycles. The molecule has 1 N–H and O–H groups in total. The van der Waals surface area contributed by atoms with E-state index in [9.17, 15) is 9.18 Å². The molecule has 0 bridgehead atoms. The van der Waals surface area contributed by atoms with Crippen LogP contribution in [-0.4, -0.2) is 15.7 Å². The number of anilines is 1. The number of nitrogens with one attached hydrogen (secondary N) is 1. The van der Waals surface area contributed by atoms with Crippen LogP contribution < -0.4 is 5.32 Å². The second kappa shape index (κ2) is 5.23. The van der Waals surface area contributed by atoms with Gasteiger partial charge in [-0.2, -0.15) is 5.10 Å². The number of fused-ring (bicyclic) bond motifs is 1. The van der Waals surface area contributed by atoms with Gasteiger partial charge in [0, 0.05) is 17.9 Å². The molecule has 0 unspecified atom stereocenters. The molecule has 2 aliphatic rings. The number of amides is 1. The molecule has 2 aromatic rings. The molecule has 1 aromatic heterocycles. The fourth-order valence-electron chi connectivity index (χ4n) is 3.66. The molecule has 1 aliphatic heterocycles. The summed E-state index contributed by atoms with van der Waals surface area (Å²) in [5.74, 6) is 0.532. The van der Waals surface area contributed by atoms with E-state index in [2.05, 4.69) is 10.4 Å². The van der Waals surface area contributed by atoms with Gasteiger partial charge in [0.05, 0.1) is 12.2 Å². The van der Waals surface area contributed by atoms with Gasteiger partial charge >= 0.3 is 0 Å². The minimum atomic E-state index is -0.258. The first-order chi connectivity index (χ1) is 10.7. The number of hydrogen-bond donors (Lipinski definition) is 1. The second-order valence-electron chi connectivity index (χ2n) is 6.19. The van der Waals surface area contributed by atoms with Crippen molar-refractivity contribution >= 4 is 11.7 Å². The first-order valence-electron chi connectivity index (χ1n) is 7.85. The third-order valence-corrected chi connectivity index (χ3v) is 4.79. The number of carbonyl (C=O) groups is 1. The summed E-state index contributed by atoms with van der Waals surface area (Å²) in [5.41, 5.74) is 2.00. The predicted molar refractivity (Wildman–Crippen MR) is 81.2 cm³/mol. The lowest BCUT2D eigenvalue weighted by Gasteiger charge is -2.25. The Morgan fingerprint density at radius 2 is 1.91 bits per heavy atom. The van der Waals surface area contributed by atoms with E-state index in [-0.39, 0.29) is 17.6 Å². The van der Waals surface area contributed by atoms with Crippen molar-refractivity contribution in [1.29, 1.82) is 0 Å². The van der Waals surface area contributed by atoms with E-state index in [0.717, 1.165) is 29.8 Å². The van der Waals surface area contributed by atoms with E-state index in [1.54, 1.807) is 12.1 Å². The van der Waals surface area contributed by atoms with Crippen molar-refractivity contribution < 1.29 is 9.18 Å². The largest absolute Gasteiger partial charge is 0.311 e. The maximum atomic E-state index is 13.1. The Kier molecular flexibility index (Phi) is 3.21. The van der Waals surface area contributed by atoms with E-state index < -0.39 is 0 Å². The number of carbonyl (C=O) groups excluding carboxylic acids is 1. The molecular weight excluding hydrogens is 281 g/mol. The summed E-state index contributed by atoms with van der Waals surface area (Å²) < 4.78 is 15.1.